The first-order valence-corrected chi connectivity index (χ1v) is 7.58. The highest BCUT2D eigenvalue weighted by Gasteiger charge is 2.32. The van der Waals surface area contributed by atoms with E-state index >= 15 is 0 Å². The second-order valence-electron chi connectivity index (χ2n) is 5.10. The summed E-state index contributed by atoms with van der Waals surface area (Å²) in [6.07, 6.45) is 2.33. The van der Waals surface area contributed by atoms with Crippen LogP contribution in [0.3, 0.4) is 0 Å². The molecule has 21 heavy (non-hydrogen) atoms. The van der Waals surface area contributed by atoms with Crippen molar-refractivity contribution in [3.05, 3.63) is 29.5 Å². The van der Waals surface area contributed by atoms with Crippen molar-refractivity contribution in [1.29, 1.82) is 0 Å². The summed E-state index contributed by atoms with van der Waals surface area (Å²) in [5.41, 5.74) is -0.240. The number of rotatable bonds is 5. The Morgan fingerprint density at radius 1 is 1.57 bits per heavy atom. The molecule has 0 aliphatic carbocycles. The first-order valence-electron chi connectivity index (χ1n) is 6.70. The van der Waals surface area contributed by atoms with E-state index in [1.165, 1.54) is 11.3 Å². The third-order valence-corrected chi connectivity index (χ3v) is 4.23. The van der Waals surface area contributed by atoms with Gasteiger partial charge < -0.3 is 19.6 Å². The van der Waals surface area contributed by atoms with Crippen molar-refractivity contribution >= 4 is 17.2 Å². The number of hydrogen-bond donors (Lipinski definition) is 2. The summed E-state index contributed by atoms with van der Waals surface area (Å²) >= 11 is 1.44. The van der Waals surface area contributed by atoms with Gasteiger partial charge >= 0.3 is 0 Å². The van der Waals surface area contributed by atoms with E-state index in [1.54, 1.807) is 12.3 Å². The van der Waals surface area contributed by atoms with E-state index in [9.17, 15) is 9.90 Å². The Labute approximate surface area is 125 Å². The molecule has 2 aromatic rings. The lowest BCUT2D eigenvalue weighted by Gasteiger charge is -2.20. The van der Waals surface area contributed by atoms with Gasteiger partial charge in [0.05, 0.1) is 25.0 Å². The smallest absolute Gasteiger partial charge is 0.226 e. The minimum atomic E-state index is -0.933. The summed E-state index contributed by atoms with van der Waals surface area (Å²) in [6, 6.07) is 3.63. The molecule has 2 N–H and O–H groups in total. The van der Waals surface area contributed by atoms with Crippen LogP contribution < -0.4 is 5.32 Å². The number of aromatic nitrogens is 1. The maximum absolute atomic E-state index is 11.9. The van der Waals surface area contributed by atoms with Gasteiger partial charge in [-0.2, -0.15) is 0 Å². The van der Waals surface area contributed by atoms with E-state index in [4.69, 9.17) is 9.15 Å². The van der Waals surface area contributed by atoms with E-state index in [0.717, 1.165) is 5.01 Å². The normalized spacial score (nSPS) is 21.6. The summed E-state index contributed by atoms with van der Waals surface area (Å²) in [6.45, 7) is 1.01. The van der Waals surface area contributed by atoms with E-state index in [1.807, 2.05) is 11.4 Å². The Balaban J connectivity index is 1.53. The number of hydrogen-bond acceptors (Lipinski definition) is 6. The van der Waals surface area contributed by atoms with Crippen molar-refractivity contribution in [2.24, 2.45) is 0 Å². The molecule has 0 saturated carbocycles. The molecule has 0 bridgehead atoms. The monoisotopic (exact) mass is 308 g/mol. The number of carbonyl (C=O) groups excluding carboxylic acids is 1. The number of carbonyl (C=O) groups is 1. The summed E-state index contributed by atoms with van der Waals surface area (Å²) in [4.78, 5) is 16.3. The van der Waals surface area contributed by atoms with Crippen LogP contribution in [0.1, 0.15) is 12.1 Å². The van der Waals surface area contributed by atoms with Gasteiger partial charge in [-0.15, -0.1) is 11.3 Å². The van der Waals surface area contributed by atoms with Gasteiger partial charge in [-0.3, -0.25) is 4.79 Å². The first-order chi connectivity index (χ1) is 10.1. The summed E-state index contributed by atoms with van der Waals surface area (Å²) in [7, 11) is 0. The maximum atomic E-state index is 11.9. The quantitative estimate of drug-likeness (QED) is 0.867. The van der Waals surface area contributed by atoms with Crippen LogP contribution >= 0.6 is 11.3 Å². The molecule has 1 saturated heterocycles. The zero-order valence-electron chi connectivity index (χ0n) is 11.4. The Morgan fingerprint density at radius 3 is 3.19 bits per heavy atom. The van der Waals surface area contributed by atoms with Crippen molar-refractivity contribution in [3.63, 3.8) is 0 Å². The molecule has 0 spiro atoms. The third kappa shape index (κ3) is 3.49. The van der Waals surface area contributed by atoms with Gasteiger partial charge in [-0.1, -0.05) is 0 Å². The van der Waals surface area contributed by atoms with Crippen molar-refractivity contribution in [1.82, 2.24) is 10.3 Å². The summed E-state index contributed by atoms with van der Waals surface area (Å²) in [5.74, 6) is 0.538. The van der Waals surface area contributed by atoms with Crippen molar-refractivity contribution in [2.45, 2.75) is 18.4 Å². The molecule has 2 aromatic heterocycles. The molecule has 1 unspecified atom stereocenters. The average molecular weight is 308 g/mol. The number of thiazole rings is 1. The highest BCUT2D eigenvalue weighted by molar-refractivity contribution is 7.13. The number of nitrogens with zero attached hydrogens (tertiary/aromatic N) is 1. The van der Waals surface area contributed by atoms with Crippen molar-refractivity contribution < 1.29 is 19.1 Å². The molecule has 3 heterocycles. The molecule has 1 atom stereocenters. The fourth-order valence-electron chi connectivity index (χ4n) is 2.13. The van der Waals surface area contributed by atoms with E-state index in [2.05, 4.69) is 10.3 Å². The first kappa shape index (κ1) is 14.2. The second kappa shape index (κ2) is 5.97. The van der Waals surface area contributed by atoms with Crippen LogP contribution in [0.5, 0.6) is 0 Å². The predicted molar refractivity (Wildman–Crippen MR) is 76.9 cm³/mol. The van der Waals surface area contributed by atoms with Crippen molar-refractivity contribution in [2.75, 3.05) is 19.8 Å². The Morgan fingerprint density at radius 2 is 2.48 bits per heavy atom. The molecule has 0 radical (unpaired) electrons. The SMILES string of the molecule is O=C(Cc1csc(-c2ccco2)n1)NCC1(O)CCOC1. The number of aliphatic hydroxyl groups is 1. The van der Waals surface area contributed by atoms with Crippen LogP contribution in [0.15, 0.2) is 28.2 Å². The Hall–Kier alpha value is -1.70. The topological polar surface area (TPSA) is 84.6 Å². The number of nitrogens with one attached hydrogen (secondary N) is 1. The molecule has 1 aliphatic heterocycles. The van der Waals surface area contributed by atoms with Crippen LogP contribution in [0.2, 0.25) is 0 Å². The molecule has 0 aromatic carbocycles. The van der Waals surface area contributed by atoms with Gasteiger partial charge in [-0.05, 0) is 12.1 Å². The van der Waals surface area contributed by atoms with Gasteiger partial charge in [0.15, 0.2) is 10.8 Å². The second-order valence-corrected chi connectivity index (χ2v) is 5.96. The highest BCUT2D eigenvalue weighted by atomic mass is 32.1. The van der Waals surface area contributed by atoms with Crippen LogP contribution in [0, 0.1) is 0 Å². The molecule has 1 amide bonds. The zero-order valence-corrected chi connectivity index (χ0v) is 12.2. The van der Waals surface area contributed by atoms with Gasteiger partial charge in [0.2, 0.25) is 5.91 Å². The average Bonchev–Trinajstić information content (AvgIpc) is 3.17. The largest absolute Gasteiger partial charge is 0.462 e. The molecular formula is C14H16N2O4S. The van der Waals surface area contributed by atoms with Crippen LogP contribution in [0.4, 0.5) is 0 Å². The molecule has 112 valence electrons. The zero-order chi connectivity index (χ0) is 14.7. The van der Waals surface area contributed by atoms with E-state index in [-0.39, 0.29) is 25.5 Å². The fraction of sp³-hybridized carbons (Fsp3) is 0.429. The summed E-state index contributed by atoms with van der Waals surface area (Å²) in [5, 5.41) is 15.4. The van der Waals surface area contributed by atoms with Gasteiger partial charge in [-0.25, -0.2) is 4.98 Å². The summed E-state index contributed by atoms with van der Waals surface area (Å²) < 4.78 is 10.4. The van der Waals surface area contributed by atoms with Crippen molar-refractivity contribution in [3.8, 4) is 10.8 Å². The van der Waals surface area contributed by atoms with Crippen LogP contribution in [0.25, 0.3) is 10.8 Å². The molecule has 1 fully saturated rings. The predicted octanol–water partition coefficient (Wildman–Crippen LogP) is 1.21. The highest BCUT2D eigenvalue weighted by Crippen LogP contribution is 2.24. The maximum Gasteiger partial charge on any atom is 0.226 e. The molecule has 3 rings (SSSR count). The van der Waals surface area contributed by atoms with Crippen LogP contribution in [-0.4, -0.2) is 41.4 Å². The number of furan rings is 1. The molecule has 7 heteroatoms. The fourth-order valence-corrected chi connectivity index (χ4v) is 2.91. The third-order valence-electron chi connectivity index (χ3n) is 3.32. The van der Waals surface area contributed by atoms with Gasteiger partial charge in [0, 0.05) is 25.0 Å². The van der Waals surface area contributed by atoms with Crippen LogP contribution in [-0.2, 0) is 16.0 Å². The van der Waals surface area contributed by atoms with E-state index < -0.39 is 5.60 Å². The van der Waals surface area contributed by atoms with Gasteiger partial charge in [0.25, 0.3) is 0 Å². The lowest BCUT2D eigenvalue weighted by atomic mass is 10.0. The standard InChI is InChI=1S/C14H16N2O4S/c17-12(15-8-14(18)3-5-19-9-14)6-10-7-21-13(16-10)11-2-1-4-20-11/h1-2,4,7,18H,3,5-6,8-9H2,(H,15,17). The molecule has 1 aliphatic rings. The lowest BCUT2D eigenvalue weighted by molar-refractivity contribution is -0.121. The minimum Gasteiger partial charge on any atom is -0.462 e. The number of ether oxygens (including phenoxy) is 1. The lowest BCUT2D eigenvalue weighted by Crippen LogP contribution is -2.43. The number of amides is 1. The molecular weight excluding hydrogens is 292 g/mol. The minimum absolute atomic E-state index is 0.161. The van der Waals surface area contributed by atoms with E-state index in [0.29, 0.717) is 24.5 Å². The van der Waals surface area contributed by atoms with Gasteiger partial charge in [0.1, 0.15) is 5.60 Å². The molecule has 6 nitrogen and oxygen atoms in total. The Kier molecular flexibility index (Phi) is 4.05. The Bertz CT molecular complexity index is 602.